The maximum atomic E-state index is 13.5. The van der Waals surface area contributed by atoms with Gasteiger partial charge in [-0.05, 0) is 18.2 Å². The molecular weight excluding hydrogens is 224 g/mol. The maximum Gasteiger partial charge on any atom is 0.152 e. The van der Waals surface area contributed by atoms with Crippen LogP contribution in [-0.2, 0) is 0 Å². The second-order valence-electron chi connectivity index (χ2n) is 3.58. The van der Waals surface area contributed by atoms with Gasteiger partial charge in [0.15, 0.2) is 11.6 Å². The van der Waals surface area contributed by atoms with Gasteiger partial charge < -0.3 is 4.98 Å². The van der Waals surface area contributed by atoms with Crippen LogP contribution in [0.1, 0.15) is 0 Å². The Labute approximate surface area is 95.1 Å². The molecule has 0 unspecified atom stereocenters. The molecule has 2 heterocycles. The molecule has 0 amide bonds. The fourth-order valence-corrected chi connectivity index (χ4v) is 1.69. The van der Waals surface area contributed by atoms with E-state index in [-0.39, 0.29) is 11.1 Å². The highest BCUT2D eigenvalue weighted by molar-refractivity contribution is 5.79. The topological polar surface area (TPSA) is 41.6 Å². The van der Waals surface area contributed by atoms with Gasteiger partial charge in [-0.3, -0.25) is 4.98 Å². The summed E-state index contributed by atoms with van der Waals surface area (Å²) in [5, 5.41) is 0. The van der Waals surface area contributed by atoms with Crippen molar-refractivity contribution in [3.63, 3.8) is 0 Å². The van der Waals surface area contributed by atoms with Gasteiger partial charge in [-0.2, -0.15) is 0 Å². The average Bonchev–Trinajstić information content (AvgIpc) is 2.75. The van der Waals surface area contributed by atoms with Crippen LogP contribution in [0.3, 0.4) is 0 Å². The van der Waals surface area contributed by atoms with Crippen LogP contribution in [0.2, 0.25) is 0 Å². The highest BCUT2D eigenvalue weighted by atomic mass is 19.1. The molecule has 2 aromatic heterocycles. The van der Waals surface area contributed by atoms with Gasteiger partial charge in [0.2, 0.25) is 0 Å². The van der Waals surface area contributed by atoms with Gasteiger partial charge in [0.1, 0.15) is 11.3 Å². The predicted molar refractivity (Wildman–Crippen MR) is 59.2 cm³/mol. The largest absolute Gasteiger partial charge is 0.338 e. The summed E-state index contributed by atoms with van der Waals surface area (Å²) < 4.78 is 26.9. The lowest BCUT2D eigenvalue weighted by Gasteiger charge is -1.96. The third-order valence-electron chi connectivity index (χ3n) is 2.49. The minimum Gasteiger partial charge on any atom is -0.338 e. The van der Waals surface area contributed by atoms with Crippen molar-refractivity contribution in [2.45, 2.75) is 0 Å². The van der Waals surface area contributed by atoms with Crippen LogP contribution >= 0.6 is 0 Å². The van der Waals surface area contributed by atoms with Crippen molar-refractivity contribution < 1.29 is 8.78 Å². The zero-order valence-electron chi connectivity index (χ0n) is 8.61. The number of nitrogens with one attached hydrogen (secondary N) is 1. The Kier molecular flexibility index (Phi) is 2.11. The molecule has 0 bridgehead atoms. The van der Waals surface area contributed by atoms with Crippen molar-refractivity contribution in [1.29, 1.82) is 0 Å². The standard InChI is InChI=1S/C12H7F2N3/c13-8-2-1-3-10-11(8)17-12(16-10)7-4-5-15-6-9(7)14/h1-6H,(H,16,17). The number of hydrogen-bond donors (Lipinski definition) is 1. The second kappa shape index (κ2) is 3.62. The fourth-order valence-electron chi connectivity index (χ4n) is 1.69. The number of para-hydroxylation sites is 1. The summed E-state index contributed by atoms with van der Waals surface area (Å²) in [4.78, 5) is 10.6. The minimum atomic E-state index is -0.494. The van der Waals surface area contributed by atoms with E-state index in [1.807, 2.05) is 0 Å². The summed E-state index contributed by atoms with van der Waals surface area (Å²) >= 11 is 0. The lowest BCUT2D eigenvalue weighted by molar-refractivity contribution is 0.623. The van der Waals surface area contributed by atoms with Crippen LogP contribution in [0.25, 0.3) is 22.4 Å². The molecule has 1 N–H and O–H groups in total. The zero-order chi connectivity index (χ0) is 11.8. The van der Waals surface area contributed by atoms with Crippen LogP contribution in [0.5, 0.6) is 0 Å². The van der Waals surface area contributed by atoms with Crippen LogP contribution in [-0.4, -0.2) is 15.0 Å². The van der Waals surface area contributed by atoms with Crippen molar-refractivity contribution in [2.24, 2.45) is 0 Å². The Balaban J connectivity index is 2.26. The molecule has 84 valence electrons. The van der Waals surface area contributed by atoms with Gasteiger partial charge in [0.25, 0.3) is 0 Å². The summed E-state index contributed by atoms with van der Waals surface area (Å²) in [5.41, 5.74) is 1.02. The van der Waals surface area contributed by atoms with Crippen molar-refractivity contribution >= 4 is 11.0 Å². The monoisotopic (exact) mass is 231 g/mol. The van der Waals surface area contributed by atoms with E-state index in [4.69, 9.17) is 0 Å². The first kappa shape index (κ1) is 9.89. The Morgan fingerprint density at radius 1 is 1.06 bits per heavy atom. The van der Waals surface area contributed by atoms with Crippen molar-refractivity contribution in [3.8, 4) is 11.4 Å². The minimum absolute atomic E-state index is 0.207. The number of pyridine rings is 1. The van der Waals surface area contributed by atoms with Crippen molar-refractivity contribution in [3.05, 3.63) is 48.3 Å². The summed E-state index contributed by atoms with van der Waals surface area (Å²) in [6.45, 7) is 0. The van der Waals surface area contributed by atoms with E-state index in [0.29, 0.717) is 11.3 Å². The number of halogens is 2. The molecule has 0 radical (unpaired) electrons. The molecule has 0 saturated carbocycles. The van der Waals surface area contributed by atoms with Crippen molar-refractivity contribution in [2.75, 3.05) is 0 Å². The zero-order valence-corrected chi connectivity index (χ0v) is 8.61. The van der Waals surface area contributed by atoms with Crippen LogP contribution in [0.4, 0.5) is 8.78 Å². The SMILES string of the molecule is Fc1cnccc1-c1nc2c(F)cccc2[nH]1. The number of hydrogen-bond acceptors (Lipinski definition) is 2. The molecular formula is C12H7F2N3. The lowest BCUT2D eigenvalue weighted by Crippen LogP contribution is -1.87. The normalized spacial score (nSPS) is 10.9. The van der Waals surface area contributed by atoms with Crippen LogP contribution in [0, 0.1) is 11.6 Å². The van der Waals surface area contributed by atoms with E-state index in [1.165, 1.54) is 18.3 Å². The molecule has 5 heteroatoms. The molecule has 3 rings (SSSR count). The van der Waals surface area contributed by atoms with Gasteiger partial charge in [0.05, 0.1) is 17.3 Å². The number of aromatic nitrogens is 3. The van der Waals surface area contributed by atoms with Gasteiger partial charge in [-0.15, -0.1) is 0 Å². The predicted octanol–water partition coefficient (Wildman–Crippen LogP) is 2.90. The molecule has 3 aromatic rings. The first-order chi connectivity index (χ1) is 8.25. The molecule has 0 aliphatic rings. The van der Waals surface area contributed by atoms with Crippen LogP contribution in [0.15, 0.2) is 36.7 Å². The molecule has 0 aliphatic carbocycles. The number of H-pyrrole nitrogens is 1. The number of imidazole rings is 1. The lowest BCUT2D eigenvalue weighted by atomic mass is 10.2. The molecule has 0 fully saturated rings. The number of benzene rings is 1. The maximum absolute atomic E-state index is 13.5. The highest BCUT2D eigenvalue weighted by Crippen LogP contribution is 2.23. The highest BCUT2D eigenvalue weighted by Gasteiger charge is 2.11. The Morgan fingerprint density at radius 2 is 1.94 bits per heavy atom. The van der Waals surface area contributed by atoms with Crippen molar-refractivity contribution in [1.82, 2.24) is 15.0 Å². The van der Waals surface area contributed by atoms with E-state index in [0.717, 1.165) is 6.20 Å². The number of rotatable bonds is 1. The quantitative estimate of drug-likeness (QED) is 0.699. The molecule has 0 saturated heterocycles. The summed E-state index contributed by atoms with van der Waals surface area (Å²) in [6, 6.07) is 6.07. The number of aromatic amines is 1. The first-order valence-corrected chi connectivity index (χ1v) is 5.00. The van der Waals surface area contributed by atoms with E-state index >= 15 is 0 Å². The van der Waals surface area contributed by atoms with Crippen LogP contribution < -0.4 is 0 Å². The number of fused-ring (bicyclic) bond motifs is 1. The van der Waals surface area contributed by atoms with Gasteiger partial charge in [0, 0.05) is 6.20 Å². The Bertz CT molecular complexity index is 691. The molecule has 1 aromatic carbocycles. The van der Waals surface area contributed by atoms with E-state index in [9.17, 15) is 8.78 Å². The van der Waals surface area contributed by atoms with Gasteiger partial charge in [-0.1, -0.05) is 6.07 Å². The summed E-state index contributed by atoms with van der Waals surface area (Å²) in [7, 11) is 0. The molecule has 3 nitrogen and oxygen atoms in total. The molecule has 17 heavy (non-hydrogen) atoms. The molecule has 0 aliphatic heterocycles. The van der Waals surface area contributed by atoms with E-state index in [2.05, 4.69) is 15.0 Å². The molecule has 0 spiro atoms. The Hall–Kier alpha value is -2.30. The summed E-state index contributed by atoms with van der Waals surface area (Å²) in [6.07, 6.45) is 2.56. The fraction of sp³-hybridized carbons (Fsp3) is 0. The first-order valence-electron chi connectivity index (χ1n) is 5.00. The third-order valence-corrected chi connectivity index (χ3v) is 2.49. The van der Waals surface area contributed by atoms with Gasteiger partial charge in [-0.25, -0.2) is 13.8 Å². The average molecular weight is 231 g/mol. The smallest absolute Gasteiger partial charge is 0.152 e. The van der Waals surface area contributed by atoms with E-state index < -0.39 is 11.6 Å². The number of nitrogens with zero attached hydrogens (tertiary/aromatic N) is 2. The van der Waals surface area contributed by atoms with E-state index in [1.54, 1.807) is 12.1 Å². The summed E-state index contributed by atoms with van der Waals surface area (Å²) in [5.74, 6) is -0.628. The third kappa shape index (κ3) is 1.56. The Morgan fingerprint density at radius 3 is 2.71 bits per heavy atom. The van der Waals surface area contributed by atoms with Gasteiger partial charge >= 0.3 is 0 Å². The second-order valence-corrected chi connectivity index (χ2v) is 3.58. The molecule has 0 atom stereocenters.